The van der Waals surface area contributed by atoms with Crippen LogP contribution in [0.5, 0.6) is 5.75 Å². The van der Waals surface area contributed by atoms with Crippen LogP contribution < -0.4 is 10.1 Å². The van der Waals surface area contributed by atoms with E-state index in [1.54, 1.807) is 4.90 Å². The van der Waals surface area contributed by atoms with Crippen molar-refractivity contribution in [3.8, 4) is 5.75 Å². The molecule has 1 aromatic rings. The summed E-state index contributed by atoms with van der Waals surface area (Å²) in [6, 6.07) is 7.59. The molecule has 2 amide bonds. The molecule has 1 saturated carbocycles. The van der Waals surface area contributed by atoms with Gasteiger partial charge >= 0.3 is 6.03 Å². The molecule has 0 spiro atoms. The summed E-state index contributed by atoms with van der Waals surface area (Å²) < 4.78 is 6.09. The Morgan fingerprint density at radius 2 is 2.00 bits per heavy atom. The van der Waals surface area contributed by atoms with Crippen LogP contribution in [0.1, 0.15) is 71.1 Å². The molecule has 1 aliphatic carbocycles. The molecule has 27 heavy (non-hydrogen) atoms. The molecule has 1 aromatic carbocycles. The molecule has 0 aromatic heterocycles. The van der Waals surface area contributed by atoms with E-state index in [1.165, 1.54) is 19.3 Å². The van der Waals surface area contributed by atoms with Gasteiger partial charge in [-0.15, -0.1) is 0 Å². The lowest BCUT2D eigenvalue weighted by atomic mass is 9.87. The van der Waals surface area contributed by atoms with Crippen molar-refractivity contribution in [2.75, 3.05) is 18.4 Å². The third-order valence-corrected chi connectivity index (χ3v) is 5.92. The fourth-order valence-electron chi connectivity index (χ4n) is 4.11. The van der Waals surface area contributed by atoms with Gasteiger partial charge in [0.1, 0.15) is 5.75 Å². The minimum Gasteiger partial charge on any atom is -0.490 e. The first-order valence-corrected chi connectivity index (χ1v) is 10.6. The summed E-state index contributed by atoms with van der Waals surface area (Å²) in [6.07, 6.45) is 10.6. The molecule has 150 valence electrons. The highest BCUT2D eigenvalue weighted by Crippen LogP contribution is 2.28. The van der Waals surface area contributed by atoms with Crippen molar-refractivity contribution < 1.29 is 14.6 Å². The van der Waals surface area contributed by atoms with E-state index in [-0.39, 0.29) is 6.03 Å². The SMILES string of the molecule is CCCCC1(O)CCN(C(=O)Nc2cccc(OC3CCCCC3)c2)CC1. The van der Waals surface area contributed by atoms with E-state index >= 15 is 0 Å². The Morgan fingerprint density at radius 1 is 1.26 bits per heavy atom. The molecule has 5 nitrogen and oxygen atoms in total. The van der Waals surface area contributed by atoms with Crippen molar-refractivity contribution in [1.82, 2.24) is 4.90 Å². The Bertz CT molecular complexity index is 605. The number of hydrogen-bond acceptors (Lipinski definition) is 3. The number of nitrogens with one attached hydrogen (secondary N) is 1. The second-order valence-electron chi connectivity index (χ2n) is 8.15. The number of unbranched alkanes of at least 4 members (excludes halogenated alkanes) is 1. The average molecular weight is 375 g/mol. The Balaban J connectivity index is 1.50. The largest absolute Gasteiger partial charge is 0.490 e. The molecule has 0 radical (unpaired) electrons. The van der Waals surface area contributed by atoms with Crippen molar-refractivity contribution in [3.63, 3.8) is 0 Å². The molecule has 2 fully saturated rings. The predicted molar refractivity (Wildman–Crippen MR) is 108 cm³/mol. The molecule has 1 heterocycles. The van der Waals surface area contributed by atoms with Crippen molar-refractivity contribution in [2.45, 2.75) is 82.8 Å². The summed E-state index contributed by atoms with van der Waals surface area (Å²) in [7, 11) is 0. The third-order valence-electron chi connectivity index (χ3n) is 5.92. The van der Waals surface area contributed by atoms with Gasteiger partial charge < -0.3 is 20.1 Å². The van der Waals surface area contributed by atoms with E-state index in [0.29, 0.717) is 32.0 Å². The second-order valence-corrected chi connectivity index (χ2v) is 8.15. The Kier molecular flexibility index (Phi) is 7.00. The van der Waals surface area contributed by atoms with Crippen LogP contribution in [0.2, 0.25) is 0 Å². The van der Waals surface area contributed by atoms with E-state index in [2.05, 4.69) is 12.2 Å². The molecule has 1 aliphatic heterocycles. The van der Waals surface area contributed by atoms with E-state index in [1.807, 2.05) is 24.3 Å². The van der Waals surface area contributed by atoms with Crippen molar-refractivity contribution in [1.29, 1.82) is 0 Å². The maximum atomic E-state index is 12.6. The van der Waals surface area contributed by atoms with Gasteiger partial charge in [-0.1, -0.05) is 32.3 Å². The lowest BCUT2D eigenvalue weighted by molar-refractivity contribution is -0.0194. The van der Waals surface area contributed by atoms with Gasteiger partial charge in [-0.25, -0.2) is 4.79 Å². The monoisotopic (exact) mass is 374 g/mol. The van der Waals surface area contributed by atoms with Gasteiger partial charge in [-0.3, -0.25) is 0 Å². The number of amides is 2. The van der Waals surface area contributed by atoms with Crippen molar-refractivity contribution in [3.05, 3.63) is 24.3 Å². The summed E-state index contributed by atoms with van der Waals surface area (Å²) in [6.45, 7) is 3.34. The van der Waals surface area contributed by atoms with E-state index < -0.39 is 5.60 Å². The lowest BCUT2D eigenvalue weighted by Crippen LogP contribution is -2.48. The number of ether oxygens (including phenoxy) is 1. The number of carbonyl (C=O) groups is 1. The van der Waals surface area contributed by atoms with Gasteiger partial charge in [0.15, 0.2) is 0 Å². The number of carbonyl (C=O) groups excluding carboxylic acids is 1. The number of likely N-dealkylation sites (tertiary alicyclic amines) is 1. The summed E-state index contributed by atoms with van der Waals surface area (Å²) in [5.74, 6) is 0.826. The molecule has 1 saturated heterocycles. The van der Waals surface area contributed by atoms with Crippen LogP contribution >= 0.6 is 0 Å². The minimum atomic E-state index is -0.597. The molecule has 3 rings (SSSR count). The maximum absolute atomic E-state index is 12.6. The highest BCUT2D eigenvalue weighted by Gasteiger charge is 2.33. The number of anilines is 1. The summed E-state index contributed by atoms with van der Waals surface area (Å²) in [5, 5.41) is 13.6. The first-order valence-electron chi connectivity index (χ1n) is 10.6. The van der Waals surface area contributed by atoms with E-state index in [0.717, 1.165) is 43.5 Å². The molecule has 5 heteroatoms. The van der Waals surface area contributed by atoms with Crippen molar-refractivity contribution in [2.24, 2.45) is 0 Å². The zero-order chi connectivity index (χ0) is 19.1. The zero-order valence-electron chi connectivity index (χ0n) is 16.6. The van der Waals surface area contributed by atoms with Crippen LogP contribution in [0.4, 0.5) is 10.5 Å². The fourth-order valence-corrected chi connectivity index (χ4v) is 4.11. The normalized spacial score (nSPS) is 20.3. The van der Waals surface area contributed by atoms with Crippen LogP contribution in [-0.2, 0) is 0 Å². The number of benzene rings is 1. The Hall–Kier alpha value is -1.75. The van der Waals surface area contributed by atoms with Crippen LogP contribution in [0.3, 0.4) is 0 Å². The molecule has 0 unspecified atom stereocenters. The van der Waals surface area contributed by atoms with Crippen LogP contribution in [-0.4, -0.2) is 40.8 Å². The predicted octanol–water partition coefficient (Wildman–Crippen LogP) is 4.95. The average Bonchev–Trinajstić information content (AvgIpc) is 2.68. The van der Waals surface area contributed by atoms with Gasteiger partial charge in [-0.2, -0.15) is 0 Å². The maximum Gasteiger partial charge on any atom is 0.321 e. The Labute approximate surface area is 163 Å². The standard InChI is InChI=1S/C22H34N2O3/c1-2-3-12-22(26)13-15-24(16-14-22)21(25)23-18-8-7-11-20(17-18)27-19-9-5-4-6-10-19/h7-8,11,17,19,26H,2-6,9-10,12-16H2,1H3,(H,23,25). The van der Waals surface area contributed by atoms with Crippen molar-refractivity contribution >= 4 is 11.7 Å². The van der Waals surface area contributed by atoms with Gasteiger partial charge in [0, 0.05) is 24.8 Å². The molecule has 0 bridgehead atoms. The Morgan fingerprint density at radius 3 is 2.70 bits per heavy atom. The molecule has 2 N–H and O–H groups in total. The molecular weight excluding hydrogens is 340 g/mol. The number of piperidine rings is 1. The van der Waals surface area contributed by atoms with Crippen LogP contribution in [0, 0.1) is 0 Å². The van der Waals surface area contributed by atoms with E-state index in [9.17, 15) is 9.90 Å². The number of hydrogen-bond donors (Lipinski definition) is 2. The summed E-state index contributed by atoms with van der Waals surface area (Å²) in [4.78, 5) is 14.4. The first-order chi connectivity index (χ1) is 13.1. The smallest absolute Gasteiger partial charge is 0.321 e. The number of nitrogens with zero attached hydrogens (tertiary/aromatic N) is 1. The summed E-state index contributed by atoms with van der Waals surface area (Å²) >= 11 is 0. The minimum absolute atomic E-state index is 0.0950. The molecular formula is C22H34N2O3. The quantitative estimate of drug-likeness (QED) is 0.741. The number of urea groups is 1. The highest BCUT2D eigenvalue weighted by atomic mass is 16.5. The third kappa shape index (κ3) is 5.86. The van der Waals surface area contributed by atoms with Gasteiger partial charge in [0.05, 0.1) is 11.7 Å². The molecule has 0 atom stereocenters. The number of rotatable bonds is 6. The van der Waals surface area contributed by atoms with Crippen LogP contribution in [0.15, 0.2) is 24.3 Å². The second kappa shape index (κ2) is 9.45. The van der Waals surface area contributed by atoms with Gasteiger partial charge in [0.2, 0.25) is 0 Å². The summed E-state index contributed by atoms with van der Waals surface area (Å²) in [5.41, 5.74) is 0.167. The highest BCUT2D eigenvalue weighted by molar-refractivity contribution is 5.89. The number of aliphatic hydroxyl groups is 1. The van der Waals surface area contributed by atoms with Gasteiger partial charge in [0.25, 0.3) is 0 Å². The lowest BCUT2D eigenvalue weighted by Gasteiger charge is -2.38. The zero-order valence-corrected chi connectivity index (χ0v) is 16.6. The van der Waals surface area contributed by atoms with E-state index in [4.69, 9.17) is 4.74 Å². The molecule has 2 aliphatic rings. The fraction of sp³-hybridized carbons (Fsp3) is 0.682. The topological polar surface area (TPSA) is 61.8 Å². The van der Waals surface area contributed by atoms with Crippen LogP contribution in [0.25, 0.3) is 0 Å². The first kappa shape index (κ1) is 20.0. The van der Waals surface area contributed by atoms with Gasteiger partial charge in [-0.05, 0) is 57.1 Å².